The van der Waals surface area contributed by atoms with E-state index in [0.29, 0.717) is 5.56 Å². The molecule has 17 heavy (non-hydrogen) atoms. The van der Waals surface area contributed by atoms with Crippen molar-refractivity contribution in [2.75, 3.05) is 0 Å². The van der Waals surface area contributed by atoms with E-state index in [4.69, 9.17) is 5.11 Å². The molecule has 4 nitrogen and oxygen atoms in total. The van der Waals surface area contributed by atoms with E-state index in [0.717, 1.165) is 0 Å². The summed E-state index contributed by atoms with van der Waals surface area (Å²) >= 11 is 0. The van der Waals surface area contributed by atoms with Gasteiger partial charge in [-0.3, -0.25) is 4.79 Å². The minimum Gasteiger partial charge on any atom is -0.480 e. The van der Waals surface area contributed by atoms with Crippen molar-refractivity contribution in [1.29, 1.82) is 0 Å². The third-order valence-electron chi connectivity index (χ3n) is 2.16. The molecule has 0 fully saturated rings. The smallest absolute Gasteiger partial charge is 0.387 e. The van der Waals surface area contributed by atoms with Gasteiger partial charge in [-0.2, -0.15) is 8.78 Å². The molecule has 1 atom stereocenters. The maximum Gasteiger partial charge on any atom is 0.387 e. The van der Waals surface area contributed by atoms with Crippen molar-refractivity contribution in [2.45, 2.75) is 26.1 Å². The first-order valence-electron chi connectivity index (χ1n) is 4.99. The number of carboxylic acid groups (broad SMARTS) is 1. The number of carbonyl (C=O) groups is 1. The molecule has 0 aromatic heterocycles. The summed E-state index contributed by atoms with van der Waals surface area (Å²) in [6.07, 6.45) is 0. The SMILES string of the molecule is C[C@H](NCc1ccccc1OC(F)F)C(=O)O. The van der Waals surface area contributed by atoms with Gasteiger partial charge in [0.1, 0.15) is 11.8 Å². The van der Waals surface area contributed by atoms with Gasteiger partial charge in [0.25, 0.3) is 0 Å². The molecule has 0 spiro atoms. The summed E-state index contributed by atoms with van der Waals surface area (Å²) in [6.45, 7) is -1.28. The van der Waals surface area contributed by atoms with Gasteiger partial charge in [-0.15, -0.1) is 0 Å². The van der Waals surface area contributed by atoms with Crippen LogP contribution in [0.5, 0.6) is 5.75 Å². The summed E-state index contributed by atoms with van der Waals surface area (Å²) in [5.41, 5.74) is 0.487. The van der Waals surface area contributed by atoms with Crippen molar-refractivity contribution in [3.8, 4) is 5.75 Å². The number of rotatable bonds is 6. The third kappa shape index (κ3) is 4.36. The number of halogens is 2. The Labute approximate surface area is 97.2 Å². The Morgan fingerprint density at radius 1 is 1.47 bits per heavy atom. The van der Waals surface area contributed by atoms with Crippen LogP contribution in [0.3, 0.4) is 0 Å². The molecule has 0 bridgehead atoms. The molecule has 1 aromatic carbocycles. The highest BCUT2D eigenvalue weighted by Crippen LogP contribution is 2.19. The van der Waals surface area contributed by atoms with Crippen LogP contribution in [0.2, 0.25) is 0 Å². The normalized spacial score (nSPS) is 12.5. The van der Waals surface area contributed by atoms with Gasteiger partial charge < -0.3 is 15.2 Å². The van der Waals surface area contributed by atoms with Gasteiger partial charge >= 0.3 is 12.6 Å². The van der Waals surface area contributed by atoms with Crippen LogP contribution in [0.25, 0.3) is 0 Å². The molecule has 2 N–H and O–H groups in total. The van der Waals surface area contributed by atoms with Gasteiger partial charge in [0, 0.05) is 12.1 Å². The minimum atomic E-state index is -2.90. The summed E-state index contributed by atoms with van der Waals surface area (Å²) in [5.74, 6) is -0.954. The number of carboxylic acids is 1. The molecule has 0 aliphatic heterocycles. The lowest BCUT2D eigenvalue weighted by molar-refractivity contribution is -0.139. The van der Waals surface area contributed by atoms with E-state index in [2.05, 4.69) is 10.1 Å². The number of nitrogens with one attached hydrogen (secondary N) is 1. The van der Waals surface area contributed by atoms with Crippen molar-refractivity contribution >= 4 is 5.97 Å². The van der Waals surface area contributed by atoms with Crippen LogP contribution >= 0.6 is 0 Å². The maximum absolute atomic E-state index is 12.1. The highest BCUT2D eigenvalue weighted by Gasteiger charge is 2.12. The van der Waals surface area contributed by atoms with Crippen molar-refractivity contribution in [3.63, 3.8) is 0 Å². The average molecular weight is 245 g/mol. The first-order chi connectivity index (χ1) is 8.00. The van der Waals surface area contributed by atoms with Crippen molar-refractivity contribution in [2.24, 2.45) is 0 Å². The fourth-order valence-electron chi connectivity index (χ4n) is 1.21. The average Bonchev–Trinajstić information content (AvgIpc) is 2.26. The van der Waals surface area contributed by atoms with Crippen molar-refractivity contribution in [1.82, 2.24) is 5.32 Å². The maximum atomic E-state index is 12.1. The molecular formula is C11H13F2NO3. The molecule has 0 amide bonds. The quantitative estimate of drug-likeness (QED) is 0.803. The Balaban J connectivity index is 2.66. The second-order valence-electron chi connectivity index (χ2n) is 3.43. The van der Waals surface area contributed by atoms with Crippen molar-refractivity contribution < 1.29 is 23.4 Å². The summed E-state index contributed by atoms with van der Waals surface area (Å²) in [4.78, 5) is 10.6. The third-order valence-corrected chi connectivity index (χ3v) is 2.16. The fraction of sp³-hybridized carbons (Fsp3) is 0.364. The minimum absolute atomic E-state index is 0.0487. The summed E-state index contributed by atoms with van der Waals surface area (Å²) in [5, 5.41) is 11.3. The molecule has 0 saturated heterocycles. The zero-order chi connectivity index (χ0) is 12.8. The second kappa shape index (κ2) is 6.15. The summed E-state index contributed by atoms with van der Waals surface area (Å²) in [7, 11) is 0. The largest absolute Gasteiger partial charge is 0.480 e. The van der Waals surface area contributed by atoms with Crippen LogP contribution in [-0.4, -0.2) is 23.7 Å². The monoisotopic (exact) mass is 245 g/mol. The van der Waals surface area contributed by atoms with Crippen LogP contribution in [0.4, 0.5) is 8.78 Å². The number of para-hydroxylation sites is 1. The molecule has 1 aromatic rings. The highest BCUT2D eigenvalue weighted by atomic mass is 19.3. The Morgan fingerprint density at radius 3 is 2.71 bits per heavy atom. The Bertz CT molecular complexity index is 385. The van der Waals surface area contributed by atoms with E-state index < -0.39 is 18.6 Å². The van der Waals surface area contributed by atoms with E-state index >= 15 is 0 Å². The molecular weight excluding hydrogens is 232 g/mol. The van der Waals surface area contributed by atoms with Gasteiger partial charge in [-0.25, -0.2) is 0 Å². The molecule has 0 heterocycles. The number of ether oxygens (including phenoxy) is 1. The number of aliphatic carboxylic acids is 1. The van der Waals surface area contributed by atoms with Gasteiger partial charge in [0.05, 0.1) is 0 Å². The van der Waals surface area contributed by atoms with Crippen LogP contribution in [-0.2, 0) is 11.3 Å². The van der Waals surface area contributed by atoms with Crippen LogP contribution in [0.15, 0.2) is 24.3 Å². The predicted molar refractivity (Wildman–Crippen MR) is 57.0 cm³/mol. The Kier molecular flexibility index (Phi) is 4.84. The van der Waals surface area contributed by atoms with E-state index in [1.54, 1.807) is 18.2 Å². The molecule has 0 unspecified atom stereocenters. The van der Waals surface area contributed by atoms with Crippen molar-refractivity contribution in [3.05, 3.63) is 29.8 Å². The van der Waals surface area contributed by atoms with Gasteiger partial charge in [-0.1, -0.05) is 18.2 Å². The number of benzene rings is 1. The first kappa shape index (κ1) is 13.4. The van der Waals surface area contributed by atoms with E-state index in [-0.39, 0.29) is 12.3 Å². The molecule has 94 valence electrons. The van der Waals surface area contributed by atoms with Crippen LogP contribution < -0.4 is 10.1 Å². The fourth-order valence-corrected chi connectivity index (χ4v) is 1.21. The second-order valence-corrected chi connectivity index (χ2v) is 3.43. The lowest BCUT2D eigenvalue weighted by Gasteiger charge is -2.13. The molecule has 0 aliphatic carbocycles. The van der Waals surface area contributed by atoms with E-state index in [1.165, 1.54) is 13.0 Å². The molecule has 1 rings (SSSR count). The first-order valence-corrected chi connectivity index (χ1v) is 4.99. The number of hydrogen-bond donors (Lipinski definition) is 2. The van der Waals surface area contributed by atoms with Crippen LogP contribution in [0, 0.1) is 0 Å². The topological polar surface area (TPSA) is 58.6 Å². The van der Waals surface area contributed by atoms with Crippen LogP contribution in [0.1, 0.15) is 12.5 Å². The standard InChI is InChI=1S/C11H13F2NO3/c1-7(10(15)16)14-6-8-4-2-3-5-9(8)17-11(12)13/h2-5,7,11,14H,6H2,1H3,(H,15,16)/t7-/m0/s1. The lowest BCUT2D eigenvalue weighted by Crippen LogP contribution is -2.33. The van der Waals surface area contributed by atoms with E-state index in [1.807, 2.05) is 0 Å². The number of alkyl halides is 2. The zero-order valence-corrected chi connectivity index (χ0v) is 9.19. The zero-order valence-electron chi connectivity index (χ0n) is 9.19. The molecule has 0 saturated carbocycles. The molecule has 0 aliphatic rings. The van der Waals surface area contributed by atoms with Gasteiger partial charge in [0.15, 0.2) is 0 Å². The van der Waals surface area contributed by atoms with E-state index in [9.17, 15) is 13.6 Å². The summed E-state index contributed by atoms with van der Waals surface area (Å²) < 4.78 is 28.5. The molecule has 6 heteroatoms. The predicted octanol–water partition coefficient (Wildman–Crippen LogP) is 1.85. The van der Waals surface area contributed by atoms with Gasteiger partial charge in [0.2, 0.25) is 0 Å². The van der Waals surface area contributed by atoms with Gasteiger partial charge in [-0.05, 0) is 13.0 Å². The highest BCUT2D eigenvalue weighted by molar-refractivity contribution is 5.72. The summed E-state index contributed by atoms with van der Waals surface area (Å²) in [6, 6.07) is 5.49. The Morgan fingerprint density at radius 2 is 2.12 bits per heavy atom. The lowest BCUT2D eigenvalue weighted by atomic mass is 10.2. The molecule has 0 radical (unpaired) electrons. The Hall–Kier alpha value is -1.69. The number of hydrogen-bond acceptors (Lipinski definition) is 3.